The number of fused-ring (bicyclic) bond motifs is 1. The van der Waals surface area contributed by atoms with Gasteiger partial charge in [-0.2, -0.15) is 0 Å². The van der Waals surface area contributed by atoms with E-state index in [1.807, 2.05) is 39.0 Å². The van der Waals surface area contributed by atoms with Gasteiger partial charge in [-0.05, 0) is 57.9 Å². The largest absolute Gasteiger partial charge is 0.490 e. The zero-order valence-corrected chi connectivity index (χ0v) is 16.3. The van der Waals surface area contributed by atoms with Crippen molar-refractivity contribution in [3.05, 3.63) is 23.8 Å². The van der Waals surface area contributed by atoms with E-state index in [9.17, 15) is 9.59 Å². The molecule has 7 nitrogen and oxygen atoms in total. The van der Waals surface area contributed by atoms with Gasteiger partial charge in [-0.3, -0.25) is 15.0 Å². The maximum atomic E-state index is 12.3. The highest BCUT2D eigenvalue weighted by molar-refractivity contribution is 5.95. The minimum Gasteiger partial charge on any atom is -0.490 e. The van der Waals surface area contributed by atoms with Crippen molar-refractivity contribution in [3.8, 4) is 11.5 Å². The third-order valence-electron chi connectivity index (χ3n) is 4.61. The molecule has 0 aliphatic carbocycles. The number of likely N-dealkylation sites (tertiary alicyclic amines) is 1. The van der Waals surface area contributed by atoms with Crippen molar-refractivity contribution in [1.29, 1.82) is 0 Å². The zero-order valence-electron chi connectivity index (χ0n) is 16.3. The second-order valence-corrected chi connectivity index (χ2v) is 8.14. The predicted molar refractivity (Wildman–Crippen MR) is 102 cm³/mol. The standard InChI is InChI=1S/C20H29N3O4/c1-20(2,3)22-19(25)21-18(24)13-23-9-4-6-15(23)14-7-8-16-17(12-14)27-11-5-10-26-16/h7-8,12,15H,4-6,9-11,13H2,1-3H3,(H2,21,22,24,25)/t15-/m1/s1. The number of hydrogen-bond acceptors (Lipinski definition) is 5. The van der Waals surface area contributed by atoms with E-state index in [0.717, 1.165) is 42.9 Å². The van der Waals surface area contributed by atoms with E-state index in [1.165, 1.54) is 0 Å². The molecule has 3 amide bonds. The molecule has 0 spiro atoms. The summed E-state index contributed by atoms with van der Waals surface area (Å²) in [7, 11) is 0. The second-order valence-electron chi connectivity index (χ2n) is 8.14. The fourth-order valence-corrected chi connectivity index (χ4v) is 3.50. The highest BCUT2D eigenvalue weighted by atomic mass is 16.5. The molecule has 0 radical (unpaired) electrons. The van der Waals surface area contributed by atoms with Crippen LogP contribution in [-0.4, -0.2) is 48.7 Å². The highest BCUT2D eigenvalue weighted by Gasteiger charge is 2.29. The van der Waals surface area contributed by atoms with Crippen LogP contribution in [0, 0.1) is 0 Å². The molecule has 27 heavy (non-hydrogen) atoms. The number of urea groups is 1. The van der Waals surface area contributed by atoms with Crippen LogP contribution in [0.4, 0.5) is 4.79 Å². The lowest BCUT2D eigenvalue weighted by molar-refractivity contribution is -0.121. The molecule has 2 heterocycles. The third kappa shape index (κ3) is 5.35. The highest BCUT2D eigenvalue weighted by Crippen LogP contribution is 2.37. The molecular weight excluding hydrogens is 346 g/mol. The summed E-state index contributed by atoms with van der Waals surface area (Å²) in [5.41, 5.74) is 0.730. The number of hydrogen-bond donors (Lipinski definition) is 2. The molecule has 1 aromatic carbocycles. The van der Waals surface area contributed by atoms with Crippen LogP contribution in [0.5, 0.6) is 11.5 Å². The smallest absolute Gasteiger partial charge is 0.321 e. The van der Waals surface area contributed by atoms with Crippen LogP contribution in [0.3, 0.4) is 0 Å². The lowest BCUT2D eigenvalue weighted by Gasteiger charge is -2.25. The van der Waals surface area contributed by atoms with Crippen LogP contribution < -0.4 is 20.1 Å². The maximum Gasteiger partial charge on any atom is 0.321 e. The Morgan fingerprint density at radius 2 is 1.89 bits per heavy atom. The Hall–Kier alpha value is -2.28. The minimum atomic E-state index is -0.459. The fraction of sp³-hybridized carbons (Fsp3) is 0.600. The van der Waals surface area contributed by atoms with Crippen molar-refractivity contribution < 1.29 is 19.1 Å². The normalized spacial score (nSPS) is 20.0. The summed E-state index contributed by atoms with van der Waals surface area (Å²) >= 11 is 0. The van der Waals surface area contributed by atoms with Crippen molar-refractivity contribution in [1.82, 2.24) is 15.5 Å². The summed E-state index contributed by atoms with van der Waals surface area (Å²) in [4.78, 5) is 26.3. The Bertz CT molecular complexity index is 699. The molecule has 0 saturated carbocycles. The van der Waals surface area contributed by atoms with Gasteiger partial charge in [0, 0.05) is 18.0 Å². The van der Waals surface area contributed by atoms with Gasteiger partial charge in [0.05, 0.1) is 19.8 Å². The van der Waals surface area contributed by atoms with Gasteiger partial charge in [0.15, 0.2) is 11.5 Å². The Balaban J connectivity index is 1.63. The summed E-state index contributed by atoms with van der Waals surface area (Å²) in [5, 5.41) is 5.16. The molecule has 0 bridgehead atoms. The molecule has 2 aliphatic heterocycles. The van der Waals surface area contributed by atoms with Crippen LogP contribution >= 0.6 is 0 Å². The molecule has 1 saturated heterocycles. The van der Waals surface area contributed by atoms with Gasteiger partial charge in [-0.15, -0.1) is 0 Å². The average Bonchev–Trinajstić information content (AvgIpc) is 2.88. The Morgan fingerprint density at radius 1 is 1.15 bits per heavy atom. The minimum absolute atomic E-state index is 0.138. The van der Waals surface area contributed by atoms with Crippen molar-refractivity contribution in [3.63, 3.8) is 0 Å². The van der Waals surface area contributed by atoms with Crippen LogP contribution in [-0.2, 0) is 4.79 Å². The van der Waals surface area contributed by atoms with E-state index >= 15 is 0 Å². The first kappa shape index (κ1) is 19.5. The zero-order chi connectivity index (χ0) is 19.4. The summed E-state index contributed by atoms with van der Waals surface area (Å²) in [6, 6.07) is 5.69. The molecule has 3 rings (SSSR count). The van der Waals surface area contributed by atoms with Crippen LogP contribution in [0.1, 0.15) is 51.6 Å². The Labute approximate surface area is 160 Å². The van der Waals surface area contributed by atoms with Crippen molar-refractivity contribution >= 4 is 11.9 Å². The molecule has 1 aromatic rings. The average molecular weight is 375 g/mol. The van der Waals surface area contributed by atoms with E-state index in [-0.39, 0.29) is 24.0 Å². The number of nitrogens with one attached hydrogen (secondary N) is 2. The first-order valence-electron chi connectivity index (χ1n) is 9.57. The molecule has 7 heteroatoms. The van der Waals surface area contributed by atoms with E-state index < -0.39 is 6.03 Å². The fourth-order valence-electron chi connectivity index (χ4n) is 3.50. The monoisotopic (exact) mass is 375 g/mol. The summed E-state index contributed by atoms with van der Waals surface area (Å²) in [6.45, 7) is 7.95. The van der Waals surface area contributed by atoms with Gasteiger partial charge < -0.3 is 14.8 Å². The van der Waals surface area contributed by atoms with Gasteiger partial charge in [-0.25, -0.2) is 4.79 Å². The quantitative estimate of drug-likeness (QED) is 0.849. The van der Waals surface area contributed by atoms with Crippen molar-refractivity contribution in [2.45, 2.75) is 51.6 Å². The van der Waals surface area contributed by atoms with Crippen LogP contribution in [0.15, 0.2) is 18.2 Å². The summed E-state index contributed by atoms with van der Waals surface area (Å²) in [5.74, 6) is 1.25. The Morgan fingerprint density at radius 3 is 2.63 bits per heavy atom. The molecule has 1 fully saturated rings. The van der Waals surface area contributed by atoms with Gasteiger partial charge in [0.2, 0.25) is 5.91 Å². The number of carbonyl (C=O) groups is 2. The van der Waals surface area contributed by atoms with Gasteiger partial charge >= 0.3 is 6.03 Å². The van der Waals surface area contributed by atoms with Crippen LogP contribution in [0.25, 0.3) is 0 Å². The molecular formula is C20H29N3O4. The van der Waals surface area contributed by atoms with Gasteiger partial charge in [-0.1, -0.05) is 6.07 Å². The SMILES string of the molecule is CC(C)(C)NC(=O)NC(=O)CN1CCC[C@@H]1c1ccc2c(c1)OCCCO2. The first-order chi connectivity index (χ1) is 12.8. The van der Waals surface area contributed by atoms with Crippen molar-refractivity contribution in [2.24, 2.45) is 0 Å². The molecule has 0 aromatic heterocycles. The second kappa shape index (κ2) is 8.17. The topological polar surface area (TPSA) is 79.9 Å². The maximum absolute atomic E-state index is 12.3. The summed E-state index contributed by atoms with van der Waals surface area (Å²) in [6.07, 6.45) is 2.86. The Kier molecular flexibility index (Phi) is 5.89. The van der Waals surface area contributed by atoms with Gasteiger partial charge in [0.25, 0.3) is 0 Å². The number of ether oxygens (including phenoxy) is 2. The number of rotatable bonds is 3. The first-order valence-corrected chi connectivity index (χ1v) is 9.57. The molecule has 2 N–H and O–H groups in total. The number of imide groups is 1. The third-order valence-corrected chi connectivity index (χ3v) is 4.61. The lowest BCUT2D eigenvalue weighted by atomic mass is 10.0. The molecule has 2 aliphatic rings. The molecule has 148 valence electrons. The van der Waals surface area contributed by atoms with Crippen molar-refractivity contribution in [2.75, 3.05) is 26.3 Å². The van der Waals surface area contributed by atoms with E-state index in [0.29, 0.717) is 13.2 Å². The van der Waals surface area contributed by atoms with E-state index in [4.69, 9.17) is 9.47 Å². The number of carbonyl (C=O) groups excluding carboxylic acids is 2. The van der Waals surface area contributed by atoms with E-state index in [1.54, 1.807) is 0 Å². The van der Waals surface area contributed by atoms with Crippen LogP contribution in [0.2, 0.25) is 0 Å². The number of nitrogens with zero attached hydrogens (tertiary/aromatic N) is 1. The predicted octanol–water partition coefficient (Wildman–Crippen LogP) is 2.61. The lowest BCUT2D eigenvalue weighted by Crippen LogP contribution is -2.50. The summed E-state index contributed by atoms with van der Waals surface area (Å²) < 4.78 is 11.5. The van der Waals surface area contributed by atoms with Gasteiger partial charge in [0.1, 0.15) is 0 Å². The number of benzene rings is 1. The molecule has 0 unspecified atom stereocenters. The number of amides is 3. The molecule has 1 atom stereocenters. The van der Waals surface area contributed by atoms with E-state index in [2.05, 4.69) is 15.5 Å².